The third-order valence-corrected chi connectivity index (χ3v) is 6.09. The average Bonchev–Trinajstić information content (AvgIpc) is 3.07. The van der Waals surface area contributed by atoms with Gasteiger partial charge in [-0.25, -0.2) is 9.48 Å². The number of carbonyl (C=O) groups excluding carboxylic acids is 2. The number of aromatic nitrogens is 2. The molecule has 0 aliphatic carbocycles. The first-order valence-electron chi connectivity index (χ1n) is 8.12. The second kappa shape index (κ2) is 9.83. The summed E-state index contributed by atoms with van der Waals surface area (Å²) < 4.78 is 2.81. The Labute approximate surface area is 179 Å². The lowest BCUT2D eigenvalue weighted by Crippen LogP contribution is -2.39. The van der Waals surface area contributed by atoms with Gasteiger partial charge in [-0.1, -0.05) is 65.0 Å². The molecule has 0 bridgehead atoms. The molecule has 1 aromatic heterocycles. The second-order valence-electron chi connectivity index (χ2n) is 5.53. The molecule has 0 radical (unpaired) electrons. The first-order valence-corrected chi connectivity index (χ1v) is 10.7. The highest BCUT2D eigenvalue weighted by Gasteiger charge is 2.11. The Hall–Kier alpha value is -2.20. The monoisotopic (exact) mass is 450 g/mol. The summed E-state index contributed by atoms with van der Waals surface area (Å²) >= 11 is 13.7. The summed E-state index contributed by atoms with van der Waals surface area (Å²) in [6.07, 6.45) is 0. The predicted octanol–water partition coefficient (Wildman–Crippen LogP) is 4.43. The summed E-state index contributed by atoms with van der Waals surface area (Å²) in [6, 6.07) is 16.1. The van der Waals surface area contributed by atoms with E-state index in [9.17, 15) is 9.59 Å². The lowest BCUT2D eigenvalue weighted by atomic mass is 10.2. The normalized spacial score (nSPS) is 10.5. The van der Waals surface area contributed by atoms with Gasteiger partial charge in [0.05, 0.1) is 11.4 Å². The molecule has 0 saturated carbocycles. The Balaban J connectivity index is 1.49. The van der Waals surface area contributed by atoms with Crippen LogP contribution in [0.5, 0.6) is 0 Å². The van der Waals surface area contributed by atoms with Gasteiger partial charge >= 0.3 is 6.03 Å². The van der Waals surface area contributed by atoms with Crippen LogP contribution in [0.15, 0.2) is 58.9 Å². The third kappa shape index (κ3) is 5.90. The van der Waals surface area contributed by atoms with E-state index in [2.05, 4.69) is 15.7 Å². The molecule has 0 spiro atoms. The van der Waals surface area contributed by atoms with E-state index in [0.29, 0.717) is 19.9 Å². The maximum Gasteiger partial charge on any atom is 0.321 e. The molecular weight excluding hydrogens is 436 g/mol. The Morgan fingerprint density at radius 1 is 1.14 bits per heavy atom. The van der Waals surface area contributed by atoms with Crippen molar-refractivity contribution < 1.29 is 9.59 Å². The topological polar surface area (TPSA) is 76.0 Å². The molecule has 0 aliphatic rings. The quantitative estimate of drug-likeness (QED) is 0.429. The van der Waals surface area contributed by atoms with Crippen molar-refractivity contribution >= 4 is 58.9 Å². The lowest BCUT2D eigenvalue weighted by Gasteiger charge is -2.06. The Morgan fingerprint density at radius 3 is 2.57 bits per heavy atom. The SMILES string of the molecule is O=C(CSc1nn(-c2ccc(Cl)cc2)c(=S)s1)NC(=O)NCc1ccccc1. The average molecular weight is 451 g/mol. The van der Waals surface area contributed by atoms with E-state index < -0.39 is 11.9 Å². The molecule has 2 aromatic carbocycles. The molecule has 0 saturated heterocycles. The van der Waals surface area contributed by atoms with Crippen LogP contribution < -0.4 is 10.6 Å². The molecule has 0 atom stereocenters. The number of thioether (sulfide) groups is 1. The van der Waals surface area contributed by atoms with Gasteiger partial charge < -0.3 is 5.32 Å². The smallest absolute Gasteiger partial charge is 0.321 e. The minimum Gasteiger partial charge on any atom is -0.334 e. The number of imide groups is 1. The van der Waals surface area contributed by atoms with Crippen molar-refractivity contribution in [1.82, 2.24) is 20.4 Å². The van der Waals surface area contributed by atoms with Crippen LogP contribution in [0.3, 0.4) is 0 Å². The number of rotatable bonds is 6. The molecule has 10 heteroatoms. The number of halogens is 1. The van der Waals surface area contributed by atoms with Crippen molar-refractivity contribution in [2.24, 2.45) is 0 Å². The summed E-state index contributed by atoms with van der Waals surface area (Å²) in [5.74, 6) is -0.350. The minimum atomic E-state index is -0.534. The van der Waals surface area contributed by atoms with Crippen LogP contribution >= 0.6 is 46.9 Å². The zero-order valence-electron chi connectivity index (χ0n) is 14.4. The van der Waals surface area contributed by atoms with E-state index in [1.165, 1.54) is 23.1 Å². The number of hydrogen-bond donors (Lipinski definition) is 2. The van der Waals surface area contributed by atoms with Gasteiger partial charge in [-0.3, -0.25) is 10.1 Å². The molecule has 1 heterocycles. The molecule has 0 unspecified atom stereocenters. The van der Waals surface area contributed by atoms with Crippen LogP contribution in [0.25, 0.3) is 5.69 Å². The first kappa shape index (κ1) is 20.5. The Morgan fingerprint density at radius 2 is 1.86 bits per heavy atom. The highest BCUT2D eigenvalue weighted by atomic mass is 35.5. The van der Waals surface area contributed by atoms with Gasteiger partial charge in [-0.15, -0.1) is 5.10 Å². The van der Waals surface area contributed by atoms with Crippen molar-refractivity contribution in [3.05, 3.63) is 69.1 Å². The molecular formula is C18H15ClN4O2S3. The fraction of sp³-hybridized carbons (Fsp3) is 0.111. The molecule has 28 heavy (non-hydrogen) atoms. The van der Waals surface area contributed by atoms with Crippen LogP contribution in [0, 0.1) is 3.95 Å². The Kier molecular flexibility index (Phi) is 7.21. The standard InChI is InChI=1S/C18H15ClN4O2S3/c19-13-6-8-14(9-7-13)23-18(26)28-17(22-23)27-11-15(24)21-16(25)20-10-12-4-2-1-3-5-12/h1-9H,10-11H2,(H2,20,21,24,25). The minimum absolute atomic E-state index is 0.0572. The lowest BCUT2D eigenvalue weighted by molar-refractivity contribution is -0.117. The number of amides is 3. The highest BCUT2D eigenvalue weighted by Crippen LogP contribution is 2.24. The fourth-order valence-corrected chi connectivity index (χ4v) is 4.46. The summed E-state index contributed by atoms with van der Waals surface area (Å²) in [5, 5.41) is 9.98. The zero-order chi connectivity index (χ0) is 19.9. The molecule has 3 amide bonds. The third-order valence-electron chi connectivity index (χ3n) is 3.48. The predicted molar refractivity (Wildman–Crippen MR) is 115 cm³/mol. The van der Waals surface area contributed by atoms with Crippen molar-refractivity contribution in [3.63, 3.8) is 0 Å². The van der Waals surface area contributed by atoms with Gasteiger partial charge in [-0.05, 0) is 42.0 Å². The fourth-order valence-electron chi connectivity index (χ4n) is 2.18. The van der Waals surface area contributed by atoms with E-state index >= 15 is 0 Å². The summed E-state index contributed by atoms with van der Waals surface area (Å²) in [7, 11) is 0. The van der Waals surface area contributed by atoms with Crippen molar-refractivity contribution in [2.45, 2.75) is 10.9 Å². The van der Waals surface area contributed by atoms with Crippen LogP contribution in [0.1, 0.15) is 5.56 Å². The van der Waals surface area contributed by atoms with E-state index in [-0.39, 0.29) is 5.75 Å². The molecule has 3 rings (SSSR count). The molecule has 0 fully saturated rings. The van der Waals surface area contributed by atoms with Gasteiger partial charge in [-0.2, -0.15) is 0 Å². The van der Waals surface area contributed by atoms with Gasteiger partial charge in [0.2, 0.25) is 5.91 Å². The zero-order valence-corrected chi connectivity index (χ0v) is 17.6. The number of urea groups is 1. The number of hydrogen-bond acceptors (Lipinski definition) is 6. The molecule has 6 nitrogen and oxygen atoms in total. The molecule has 144 valence electrons. The van der Waals surface area contributed by atoms with E-state index in [1.807, 2.05) is 42.5 Å². The van der Waals surface area contributed by atoms with Gasteiger partial charge in [0.25, 0.3) is 0 Å². The summed E-state index contributed by atoms with van der Waals surface area (Å²) in [6.45, 7) is 0.347. The maximum atomic E-state index is 12.0. The number of nitrogens with zero attached hydrogens (tertiary/aromatic N) is 2. The number of nitrogens with one attached hydrogen (secondary N) is 2. The number of benzene rings is 2. The number of carbonyl (C=O) groups is 2. The van der Waals surface area contributed by atoms with Crippen molar-refractivity contribution in [3.8, 4) is 5.69 Å². The van der Waals surface area contributed by atoms with E-state index in [0.717, 1.165) is 11.3 Å². The Bertz CT molecular complexity index is 1020. The molecule has 2 N–H and O–H groups in total. The van der Waals surface area contributed by atoms with Gasteiger partial charge in [0.15, 0.2) is 8.29 Å². The maximum absolute atomic E-state index is 12.0. The van der Waals surface area contributed by atoms with Gasteiger partial charge in [0.1, 0.15) is 0 Å². The molecule has 3 aromatic rings. The van der Waals surface area contributed by atoms with Crippen molar-refractivity contribution in [1.29, 1.82) is 0 Å². The van der Waals surface area contributed by atoms with E-state index in [1.54, 1.807) is 16.8 Å². The largest absolute Gasteiger partial charge is 0.334 e. The summed E-state index contributed by atoms with van der Waals surface area (Å²) in [5.41, 5.74) is 1.74. The second-order valence-corrected chi connectivity index (χ2v) is 8.81. The van der Waals surface area contributed by atoms with Crippen molar-refractivity contribution in [2.75, 3.05) is 5.75 Å². The summed E-state index contributed by atoms with van der Waals surface area (Å²) in [4.78, 5) is 23.8. The van der Waals surface area contributed by atoms with E-state index in [4.69, 9.17) is 23.8 Å². The highest BCUT2D eigenvalue weighted by molar-refractivity contribution is 8.01. The van der Waals surface area contributed by atoms with Gasteiger partial charge in [0, 0.05) is 11.6 Å². The first-order chi connectivity index (χ1) is 13.5. The molecule has 0 aliphatic heterocycles. The van der Waals surface area contributed by atoms with Crippen LogP contribution in [-0.4, -0.2) is 27.5 Å². The van der Waals surface area contributed by atoms with Crippen LogP contribution in [-0.2, 0) is 11.3 Å². The van der Waals surface area contributed by atoms with Crippen LogP contribution in [0.2, 0.25) is 5.02 Å². The van der Waals surface area contributed by atoms with Crippen LogP contribution in [0.4, 0.5) is 4.79 Å².